The van der Waals surface area contributed by atoms with Crippen molar-refractivity contribution in [3.8, 4) is 0 Å². The predicted molar refractivity (Wildman–Crippen MR) is 77.6 cm³/mol. The Labute approximate surface area is 123 Å². The first kappa shape index (κ1) is 15.7. The summed E-state index contributed by atoms with van der Waals surface area (Å²) < 4.78 is 19.4. The number of aliphatic hydroxyl groups is 1. The highest BCUT2D eigenvalue weighted by Gasteiger charge is 2.15. The molecule has 1 fully saturated rings. The molecule has 1 saturated heterocycles. The van der Waals surface area contributed by atoms with Gasteiger partial charge in [0.25, 0.3) is 0 Å². The molecule has 1 aliphatic rings. The molecule has 0 aromatic heterocycles. The van der Waals surface area contributed by atoms with Gasteiger partial charge in [-0.3, -0.25) is 4.79 Å². The normalized spacial score (nSPS) is 15.0. The number of morpholine rings is 1. The van der Waals surface area contributed by atoms with Gasteiger partial charge < -0.3 is 20.1 Å². The van der Waals surface area contributed by atoms with E-state index in [1.54, 1.807) is 6.07 Å². The van der Waals surface area contributed by atoms with Crippen molar-refractivity contribution in [2.45, 2.75) is 19.4 Å². The number of amides is 1. The minimum absolute atomic E-state index is 0.00368. The summed E-state index contributed by atoms with van der Waals surface area (Å²) in [7, 11) is 0. The fourth-order valence-electron chi connectivity index (χ4n) is 2.25. The number of rotatable bonds is 6. The Kier molecular flexibility index (Phi) is 5.95. The third-order valence-corrected chi connectivity index (χ3v) is 3.42. The summed E-state index contributed by atoms with van der Waals surface area (Å²) >= 11 is 0. The zero-order valence-corrected chi connectivity index (χ0v) is 12.0. The van der Waals surface area contributed by atoms with Gasteiger partial charge >= 0.3 is 0 Å². The number of halogens is 1. The van der Waals surface area contributed by atoms with E-state index in [1.807, 2.05) is 11.0 Å². The Balaban J connectivity index is 1.90. The van der Waals surface area contributed by atoms with Crippen molar-refractivity contribution in [1.29, 1.82) is 0 Å². The summed E-state index contributed by atoms with van der Waals surface area (Å²) in [6.07, 6.45) is 0.723. The molecule has 0 spiro atoms. The molecule has 6 heteroatoms. The Morgan fingerprint density at radius 2 is 2.14 bits per heavy atom. The van der Waals surface area contributed by atoms with E-state index in [1.165, 1.54) is 6.07 Å². The Morgan fingerprint density at radius 1 is 1.38 bits per heavy atom. The minimum Gasteiger partial charge on any atom is -0.396 e. The fraction of sp³-hybridized carbons (Fsp3) is 0.533. The molecule has 2 rings (SSSR count). The number of hydrogen-bond acceptors (Lipinski definition) is 4. The lowest BCUT2D eigenvalue weighted by molar-refractivity contribution is -0.121. The van der Waals surface area contributed by atoms with Gasteiger partial charge in [-0.1, -0.05) is 6.07 Å². The molecule has 116 valence electrons. The highest BCUT2D eigenvalue weighted by Crippen LogP contribution is 2.21. The summed E-state index contributed by atoms with van der Waals surface area (Å²) in [4.78, 5) is 13.4. The van der Waals surface area contributed by atoms with Gasteiger partial charge in [0.05, 0.1) is 18.9 Å². The lowest BCUT2D eigenvalue weighted by atomic mass is 10.1. The third kappa shape index (κ3) is 4.68. The maximum absolute atomic E-state index is 14.1. The molecule has 1 aromatic rings. The SMILES string of the molecule is O=C(CCCO)NCc1ccc(N2CCOCC2)c(F)c1. The number of carbonyl (C=O) groups excluding carboxylic acids is 1. The van der Waals surface area contributed by atoms with E-state index in [4.69, 9.17) is 9.84 Å². The molecule has 2 N–H and O–H groups in total. The molecule has 0 aliphatic carbocycles. The summed E-state index contributed by atoms with van der Waals surface area (Å²) in [6, 6.07) is 5.02. The molecule has 0 atom stereocenters. The van der Waals surface area contributed by atoms with Crippen molar-refractivity contribution in [2.24, 2.45) is 0 Å². The molecule has 1 aliphatic heterocycles. The lowest BCUT2D eigenvalue weighted by Crippen LogP contribution is -2.36. The van der Waals surface area contributed by atoms with E-state index in [2.05, 4.69) is 5.32 Å². The number of nitrogens with zero attached hydrogens (tertiary/aromatic N) is 1. The summed E-state index contributed by atoms with van der Waals surface area (Å²) in [6.45, 7) is 2.90. The predicted octanol–water partition coefficient (Wildman–Crippen LogP) is 1.05. The van der Waals surface area contributed by atoms with Crippen molar-refractivity contribution in [3.63, 3.8) is 0 Å². The van der Waals surface area contributed by atoms with Gasteiger partial charge in [-0.2, -0.15) is 0 Å². The first-order chi connectivity index (χ1) is 10.2. The fourth-order valence-corrected chi connectivity index (χ4v) is 2.25. The van der Waals surface area contributed by atoms with Crippen molar-refractivity contribution >= 4 is 11.6 Å². The molecule has 1 heterocycles. The van der Waals surface area contributed by atoms with Crippen LogP contribution in [0.5, 0.6) is 0 Å². The Morgan fingerprint density at radius 3 is 2.81 bits per heavy atom. The molecule has 0 unspecified atom stereocenters. The van der Waals surface area contributed by atoms with Crippen molar-refractivity contribution in [2.75, 3.05) is 37.8 Å². The Bertz CT molecular complexity index is 476. The van der Waals surface area contributed by atoms with Gasteiger partial charge in [0.1, 0.15) is 5.82 Å². The number of anilines is 1. The van der Waals surface area contributed by atoms with Crippen LogP contribution in [0, 0.1) is 5.82 Å². The van der Waals surface area contributed by atoms with E-state index >= 15 is 0 Å². The molecule has 1 aromatic carbocycles. The van der Waals surface area contributed by atoms with Crippen LogP contribution in [0.25, 0.3) is 0 Å². The van der Waals surface area contributed by atoms with E-state index in [-0.39, 0.29) is 24.8 Å². The number of ether oxygens (including phenoxy) is 1. The van der Waals surface area contributed by atoms with Gasteiger partial charge in [0, 0.05) is 32.7 Å². The second kappa shape index (κ2) is 7.95. The number of aliphatic hydroxyl groups excluding tert-OH is 1. The summed E-state index contributed by atoms with van der Waals surface area (Å²) in [5.41, 5.74) is 1.30. The largest absolute Gasteiger partial charge is 0.396 e. The summed E-state index contributed by atoms with van der Waals surface area (Å²) in [5, 5.41) is 11.4. The first-order valence-corrected chi connectivity index (χ1v) is 7.19. The van der Waals surface area contributed by atoms with Crippen molar-refractivity contribution < 1.29 is 19.0 Å². The third-order valence-electron chi connectivity index (χ3n) is 3.42. The van der Waals surface area contributed by atoms with Crippen LogP contribution in [0.2, 0.25) is 0 Å². The van der Waals surface area contributed by atoms with Crippen LogP contribution in [0.3, 0.4) is 0 Å². The van der Waals surface area contributed by atoms with Gasteiger partial charge in [0.2, 0.25) is 5.91 Å². The molecule has 0 bridgehead atoms. The van der Waals surface area contributed by atoms with E-state index in [9.17, 15) is 9.18 Å². The smallest absolute Gasteiger partial charge is 0.220 e. The van der Waals surface area contributed by atoms with E-state index in [0.29, 0.717) is 45.0 Å². The maximum atomic E-state index is 14.1. The molecular weight excluding hydrogens is 275 g/mol. The number of carbonyl (C=O) groups is 1. The van der Waals surface area contributed by atoms with Crippen molar-refractivity contribution in [1.82, 2.24) is 5.32 Å². The second-order valence-electron chi connectivity index (χ2n) is 4.99. The minimum atomic E-state index is -0.279. The molecule has 1 amide bonds. The average molecular weight is 296 g/mol. The van der Waals surface area contributed by atoms with Crippen LogP contribution in [0.4, 0.5) is 10.1 Å². The van der Waals surface area contributed by atoms with Gasteiger partial charge in [-0.05, 0) is 24.1 Å². The maximum Gasteiger partial charge on any atom is 0.220 e. The quantitative estimate of drug-likeness (QED) is 0.824. The first-order valence-electron chi connectivity index (χ1n) is 7.19. The van der Waals surface area contributed by atoms with E-state index < -0.39 is 0 Å². The molecule has 0 saturated carbocycles. The zero-order chi connectivity index (χ0) is 15.1. The monoisotopic (exact) mass is 296 g/mol. The summed E-state index contributed by atoms with van der Waals surface area (Å²) in [5.74, 6) is -0.416. The van der Waals surface area contributed by atoms with Gasteiger partial charge in [0.15, 0.2) is 0 Å². The van der Waals surface area contributed by atoms with Crippen LogP contribution in [-0.2, 0) is 16.1 Å². The topological polar surface area (TPSA) is 61.8 Å². The molecule has 0 radical (unpaired) electrons. The van der Waals surface area contributed by atoms with Crippen LogP contribution >= 0.6 is 0 Å². The van der Waals surface area contributed by atoms with Gasteiger partial charge in [-0.15, -0.1) is 0 Å². The van der Waals surface area contributed by atoms with Crippen LogP contribution in [-0.4, -0.2) is 43.9 Å². The van der Waals surface area contributed by atoms with Gasteiger partial charge in [-0.25, -0.2) is 4.39 Å². The van der Waals surface area contributed by atoms with Crippen LogP contribution in [0.15, 0.2) is 18.2 Å². The van der Waals surface area contributed by atoms with Crippen LogP contribution in [0.1, 0.15) is 18.4 Å². The second-order valence-corrected chi connectivity index (χ2v) is 4.99. The number of hydrogen-bond donors (Lipinski definition) is 2. The van der Waals surface area contributed by atoms with Crippen LogP contribution < -0.4 is 10.2 Å². The standard InChI is InChI=1S/C15H21FN2O3/c16-13-10-12(11-17-15(20)2-1-7-19)3-4-14(13)18-5-8-21-9-6-18/h3-4,10,19H,1-2,5-9,11H2,(H,17,20). The lowest BCUT2D eigenvalue weighted by Gasteiger charge is -2.29. The molecule has 21 heavy (non-hydrogen) atoms. The number of benzene rings is 1. The molecule has 5 nitrogen and oxygen atoms in total. The Hall–Kier alpha value is -1.66. The molecular formula is C15H21FN2O3. The highest BCUT2D eigenvalue weighted by molar-refractivity contribution is 5.75. The van der Waals surface area contributed by atoms with E-state index in [0.717, 1.165) is 5.56 Å². The van der Waals surface area contributed by atoms with Crippen molar-refractivity contribution in [3.05, 3.63) is 29.6 Å². The average Bonchev–Trinajstić information content (AvgIpc) is 2.52. The zero-order valence-electron chi connectivity index (χ0n) is 12.0. The highest BCUT2D eigenvalue weighted by atomic mass is 19.1. The number of nitrogens with one attached hydrogen (secondary N) is 1.